The maximum Gasteiger partial charge on any atom is 0.321 e. The SMILES string of the molecule is COc1ccc([C@@H]2N[C@H](C(=O)O)CS2)cc1CN1C[C@H]2C[C@H](C1)c1cccc(=O)n1C2. The van der Waals surface area contributed by atoms with Gasteiger partial charge in [0.25, 0.3) is 5.56 Å². The summed E-state index contributed by atoms with van der Waals surface area (Å²) in [7, 11) is 1.69. The highest BCUT2D eigenvalue weighted by Gasteiger charge is 2.35. The number of pyridine rings is 1. The van der Waals surface area contributed by atoms with Crippen LogP contribution in [0.4, 0.5) is 0 Å². The zero-order chi connectivity index (χ0) is 21.5. The minimum Gasteiger partial charge on any atom is -0.496 e. The third-order valence-electron chi connectivity index (χ3n) is 6.64. The number of methoxy groups -OCH3 is 1. The summed E-state index contributed by atoms with van der Waals surface area (Å²) in [6, 6.07) is 11.3. The van der Waals surface area contributed by atoms with Gasteiger partial charge in [-0.15, -0.1) is 11.8 Å². The molecule has 2 bridgehead atoms. The summed E-state index contributed by atoms with van der Waals surface area (Å²) in [5.74, 6) is 1.47. The quantitative estimate of drug-likeness (QED) is 0.736. The van der Waals surface area contributed by atoms with Crippen molar-refractivity contribution in [2.75, 3.05) is 26.0 Å². The summed E-state index contributed by atoms with van der Waals surface area (Å²) in [6.07, 6.45) is 1.14. The summed E-state index contributed by atoms with van der Waals surface area (Å²) in [5.41, 5.74) is 3.46. The number of nitrogens with zero attached hydrogens (tertiary/aromatic N) is 2. The topological polar surface area (TPSA) is 83.8 Å². The van der Waals surface area contributed by atoms with Crippen molar-refractivity contribution in [1.29, 1.82) is 0 Å². The number of hydrogen-bond acceptors (Lipinski definition) is 6. The number of fused-ring (bicyclic) bond motifs is 4. The highest BCUT2D eigenvalue weighted by atomic mass is 32.2. The van der Waals surface area contributed by atoms with Gasteiger partial charge in [-0.2, -0.15) is 0 Å². The third-order valence-corrected chi connectivity index (χ3v) is 7.90. The van der Waals surface area contributed by atoms with Gasteiger partial charge in [-0.1, -0.05) is 12.1 Å². The van der Waals surface area contributed by atoms with Crippen LogP contribution in [0.5, 0.6) is 5.75 Å². The molecule has 0 unspecified atom stereocenters. The zero-order valence-electron chi connectivity index (χ0n) is 17.5. The van der Waals surface area contributed by atoms with Crippen molar-refractivity contribution in [2.24, 2.45) is 5.92 Å². The molecule has 2 fully saturated rings. The van der Waals surface area contributed by atoms with Gasteiger partial charge < -0.3 is 14.4 Å². The Morgan fingerprint density at radius 2 is 2.13 bits per heavy atom. The fourth-order valence-corrected chi connectivity index (χ4v) is 6.48. The standard InChI is InChI=1S/C23H27N3O4S/c1-30-20-6-5-15(22-24-18(13-31-22)23(28)29)8-17(20)12-25-9-14-7-16(11-25)19-3-2-4-21(27)26(19)10-14/h2-6,8,14,16,18,22,24H,7,9-13H2,1H3,(H,28,29)/t14-,16-,18+,22-/m1/s1. The number of carboxylic acids is 1. The molecule has 1 aromatic heterocycles. The highest BCUT2D eigenvalue weighted by Crippen LogP contribution is 2.38. The van der Waals surface area contributed by atoms with Gasteiger partial charge in [0.15, 0.2) is 0 Å². The molecule has 4 heterocycles. The fourth-order valence-electron chi connectivity index (χ4n) is 5.26. The van der Waals surface area contributed by atoms with Crippen LogP contribution >= 0.6 is 11.8 Å². The second-order valence-corrected chi connectivity index (χ2v) is 9.87. The van der Waals surface area contributed by atoms with Gasteiger partial charge in [0.1, 0.15) is 11.8 Å². The monoisotopic (exact) mass is 441 g/mol. The number of nitrogens with one attached hydrogen (secondary N) is 1. The van der Waals surface area contributed by atoms with Crippen LogP contribution in [-0.2, 0) is 17.9 Å². The molecular weight excluding hydrogens is 414 g/mol. The molecule has 164 valence electrons. The number of benzene rings is 1. The van der Waals surface area contributed by atoms with Gasteiger partial charge in [-0.3, -0.25) is 19.8 Å². The first-order valence-electron chi connectivity index (χ1n) is 10.7. The van der Waals surface area contributed by atoms with Crippen LogP contribution in [0.3, 0.4) is 0 Å². The predicted octanol–water partition coefficient (Wildman–Crippen LogP) is 2.26. The van der Waals surface area contributed by atoms with Crippen molar-refractivity contribution in [2.45, 2.75) is 36.8 Å². The van der Waals surface area contributed by atoms with E-state index in [1.54, 1.807) is 24.9 Å². The smallest absolute Gasteiger partial charge is 0.321 e. The number of rotatable bonds is 5. The molecule has 2 saturated heterocycles. The van der Waals surface area contributed by atoms with E-state index in [1.165, 1.54) is 0 Å². The van der Waals surface area contributed by atoms with Gasteiger partial charge in [0, 0.05) is 55.2 Å². The van der Waals surface area contributed by atoms with Crippen molar-refractivity contribution in [3.8, 4) is 5.75 Å². The summed E-state index contributed by atoms with van der Waals surface area (Å²) in [5, 5.41) is 12.5. The molecule has 2 N–H and O–H groups in total. The molecule has 0 aliphatic carbocycles. The maximum atomic E-state index is 12.3. The lowest BCUT2D eigenvalue weighted by Gasteiger charge is -2.43. The van der Waals surface area contributed by atoms with E-state index in [2.05, 4.69) is 22.3 Å². The Bertz CT molecular complexity index is 1060. The normalized spacial score (nSPS) is 27.6. The lowest BCUT2D eigenvalue weighted by molar-refractivity contribution is -0.138. The van der Waals surface area contributed by atoms with Crippen LogP contribution in [0, 0.1) is 5.92 Å². The number of ether oxygens (including phenoxy) is 1. The van der Waals surface area contributed by atoms with Crippen LogP contribution in [0.1, 0.15) is 34.5 Å². The number of likely N-dealkylation sites (tertiary alicyclic amines) is 1. The average Bonchev–Trinajstić information content (AvgIpc) is 3.25. The maximum absolute atomic E-state index is 12.3. The minimum absolute atomic E-state index is 0.0229. The molecule has 0 amide bonds. The minimum atomic E-state index is -0.803. The molecule has 0 saturated carbocycles. The summed E-state index contributed by atoms with van der Waals surface area (Å²) in [4.78, 5) is 26.0. The number of aliphatic carboxylic acids is 1. The second kappa shape index (κ2) is 8.33. The Morgan fingerprint density at radius 1 is 1.26 bits per heavy atom. The first-order valence-corrected chi connectivity index (χ1v) is 11.8. The first-order chi connectivity index (χ1) is 15.0. The van der Waals surface area contributed by atoms with E-state index >= 15 is 0 Å². The summed E-state index contributed by atoms with van der Waals surface area (Å²) < 4.78 is 7.59. The lowest BCUT2D eigenvalue weighted by Crippen LogP contribution is -2.46. The van der Waals surface area contributed by atoms with Gasteiger partial charge in [-0.25, -0.2) is 0 Å². The van der Waals surface area contributed by atoms with E-state index in [4.69, 9.17) is 4.74 Å². The van der Waals surface area contributed by atoms with Crippen molar-refractivity contribution >= 4 is 17.7 Å². The Morgan fingerprint density at radius 3 is 2.90 bits per heavy atom. The molecule has 31 heavy (non-hydrogen) atoms. The lowest BCUT2D eigenvalue weighted by atomic mass is 9.83. The van der Waals surface area contributed by atoms with Crippen LogP contribution in [0.15, 0.2) is 41.2 Å². The zero-order valence-corrected chi connectivity index (χ0v) is 18.3. The van der Waals surface area contributed by atoms with E-state index in [9.17, 15) is 14.7 Å². The Balaban J connectivity index is 1.35. The van der Waals surface area contributed by atoms with Crippen molar-refractivity contribution in [3.63, 3.8) is 0 Å². The molecule has 1 aromatic carbocycles. The average molecular weight is 442 g/mol. The van der Waals surface area contributed by atoms with E-state index in [0.29, 0.717) is 17.6 Å². The van der Waals surface area contributed by atoms with Crippen molar-refractivity contribution in [3.05, 3.63) is 63.6 Å². The predicted molar refractivity (Wildman–Crippen MR) is 120 cm³/mol. The van der Waals surface area contributed by atoms with Gasteiger partial charge >= 0.3 is 5.97 Å². The second-order valence-electron chi connectivity index (χ2n) is 8.73. The third kappa shape index (κ3) is 4.00. The number of carbonyl (C=O) groups is 1. The van der Waals surface area contributed by atoms with Gasteiger partial charge in [0.05, 0.1) is 12.5 Å². The molecule has 7 nitrogen and oxygen atoms in total. The van der Waals surface area contributed by atoms with Crippen molar-refractivity contribution in [1.82, 2.24) is 14.8 Å². The van der Waals surface area contributed by atoms with Crippen LogP contribution in [0.2, 0.25) is 0 Å². The van der Waals surface area contributed by atoms with Crippen molar-refractivity contribution < 1.29 is 14.6 Å². The molecule has 0 spiro atoms. The molecular formula is C23H27N3O4S. The van der Waals surface area contributed by atoms with E-state index < -0.39 is 12.0 Å². The molecule has 0 radical (unpaired) electrons. The summed E-state index contributed by atoms with van der Waals surface area (Å²) >= 11 is 1.63. The number of hydrogen-bond donors (Lipinski definition) is 2. The number of carboxylic acid groups (broad SMARTS) is 1. The Hall–Kier alpha value is -2.29. The Kier molecular flexibility index (Phi) is 5.54. The number of aromatic nitrogens is 1. The fraction of sp³-hybridized carbons (Fsp3) is 0.478. The van der Waals surface area contributed by atoms with E-state index in [0.717, 1.165) is 55.2 Å². The van der Waals surface area contributed by atoms with E-state index in [-0.39, 0.29) is 10.9 Å². The number of piperidine rings is 1. The molecule has 4 atom stereocenters. The first kappa shape index (κ1) is 20.6. The van der Waals surface area contributed by atoms with Crippen LogP contribution in [-0.4, -0.2) is 52.5 Å². The molecule has 2 aromatic rings. The molecule has 8 heteroatoms. The summed E-state index contributed by atoms with van der Waals surface area (Å²) in [6.45, 7) is 3.45. The number of thioether (sulfide) groups is 1. The van der Waals surface area contributed by atoms with Gasteiger partial charge in [-0.05, 0) is 36.1 Å². The highest BCUT2D eigenvalue weighted by molar-refractivity contribution is 7.99. The molecule has 3 aliphatic heterocycles. The van der Waals surface area contributed by atoms with Crippen LogP contribution < -0.4 is 15.6 Å². The molecule has 5 rings (SSSR count). The largest absolute Gasteiger partial charge is 0.496 e. The van der Waals surface area contributed by atoms with E-state index in [1.807, 2.05) is 22.8 Å². The van der Waals surface area contributed by atoms with Crippen LogP contribution in [0.25, 0.3) is 0 Å². The van der Waals surface area contributed by atoms with Gasteiger partial charge in [0.2, 0.25) is 0 Å². The Labute approximate surface area is 185 Å². The molecule has 3 aliphatic rings.